The number of benzene rings is 2. The molecule has 1 heterocycles. The lowest BCUT2D eigenvalue weighted by Crippen LogP contribution is -2.28. The predicted octanol–water partition coefficient (Wildman–Crippen LogP) is 4.11. The zero-order valence-electron chi connectivity index (χ0n) is 14.0. The van der Waals surface area contributed by atoms with E-state index >= 15 is 0 Å². The molecule has 0 radical (unpaired) electrons. The maximum Gasteiger partial charge on any atom is 0.321 e. The molecule has 2 N–H and O–H groups in total. The molecular weight excluding hydrogens is 372 g/mol. The minimum atomic E-state index is -0.330. The van der Waals surface area contributed by atoms with Gasteiger partial charge < -0.3 is 10.1 Å². The summed E-state index contributed by atoms with van der Waals surface area (Å²) in [5, 5.41) is 15.5. The van der Waals surface area contributed by atoms with Crippen LogP contribution in [-0.4, -0.2) is 23.3 Å². The van der Waals surface area contributed by atoms with E-state index in [0.717, 1.165) is 21.9 Å². The van der Waals surface area contributed by atoms with Crippen LogP contribution in [0.4, 0.5) is 9.93 Å². The first-order valence-electron chi connectivity index (χ1n) is 7.87. The summed E-state index contributed by atoms with van der Waals surface area (Å²) < 4.78 is 5.22. The van der Waals surface area contributed by atoms with E-state index < -0.39 is 0 Å². The van der Waals surface area contributed by atoms with Gasteiger partial charge in [-0.15, -0.1) is 10.2 Å². The fourth-order valence-electron chi connectivity index (χ4n) is 2.26. The molecule has 8 heteroatoms. The van der Waals surface area contributed by atoms with Gasteiger partial charge >= 0.3 is 6.03 Å². The predicted molar refractivity (Wildman–Crippen MR) is 103 cm³/mol. The largest absolute Gasteiger partial charge is 0.497 e. The van der Waals surface area contributed by atoms with E-state index in [2.05, 4.69) is 20.8 Å². The Morgan fingerprint density at radius 3 is 2.73 bits per heavy atom. The summed E-state index contributed by atoms with van der Waals surface area (Å²) in [5.41, 5.74) is 2.03. The number of carbonyl (C=O) groups excluding carboxylic acids is 1. The molecule has 6 nitrogen and oxygen atoms in total. The van der Waals surface area contributed by atoms with E-state index in [0.29, 0.717) is 23.1 Å². The van der Waals surface area contributed by atoms with Gasteiger partial charge in [-0.1, -0.05) is 47.2 Å². The van der Waals surface area contributed by atoms with E-state index in [4.69, 9.17) is 16.3 Å². The molecule has 0 saturated carbocycles. The molecule has 1 aromatic heterocycles. The van der Waals surface area contributed by atoms with E-state index in [9.17, 15) is 4.79 Å². The summed E-state index contributed by atoms with van der Waals surface area (Å²) in [4.78, 5) is 12.0. The van der Waals surface area contributed by atoms with Crippen molar-refractivity contribution in [3.63, 3.8) is 0 Å². The molecule has 0 atom stereocenters. The van der Waals surface area contributed by atoms with E-state index in [-0.39, 0.29) is 6.03 Å². The molecule has 0 aliphatic carbocycles. The second-order valence-corrected chi connectivity index (χ2v) is 6.96. The third kappa shape index (κ3) is 5.18. The number of rotatable bonds is 6. The summed E-state index contributed by atoms with van der Waals surface area (Å²) in [7, 11) is 1.63. The van der Waals surface area contributed by atoms with Crippen LogP contribution >= 0.6 is 22.9 Å². The van der Waals surface area contributed by atoms with Crippen LogP contribution in [0.15, 0.2) is 48.5 Å². The van der Waals surface area contributed by atoms with Crippen molar-refractivity contribution in [2.75, 3.05) is 12.4 Å². The van der Waals surface area contributed by atoms with Crippen LogP contribution in [0, 0.1) is 0 Å². The number of amides is 2. The topological polar surface area (TPSA) is 76.1 Å². The highest BCUT2D eigenvalue weighted by molar-refractivity contribution is 7.15. The molecule has 26 heavy (non-hydrogen) atoms. The molecule has 2 amide bonds. The lowest BCUT2D eigenvalue weighted by Gasteiger charge is -2.05. The van der Waals surface area contributed by atoms with E-state index in [1.54, 1.807) is 19.2 Å². The molecule has 0 fully saturated rings. The number of carbonyl (C=O) groups is 1. The Balaban J connectivity index is 1.52. The SMILES string of the molecule is COc1cccc(Cc2nnc(NC(=O)NCc3ccc(Cl)cc3)s2)c1. The molecular formula is C18H17ClN4O2S. The van der Waals surface area contributed by atoms with E-state index in [1.807, 2.05) is 36.4 Å². The van der Waals surface area contributed by atoms with Crippen LogP contribution in [-0.2, 0) is 13.0 Å². The van der Waals surface area contributed by atoms with Crippen LogP contribution in [0.5, 0.6) is 5.75 Å². The van der Waals surface area contributed by atoms with Gasteiger partial charge in [-0.3, -0.25) is 5.32 Å². The third-order valence-electron chi connectivity index (χ3n) is 3.54. The first-order valence-corrected chi connectivity index (χ1v) is 9.06. The number of hydrogen-bond acceptors (Lipinski definition) is 5. The average Bonchev–Trinajstić information content (AvgIpc) is 3.08. The molecule has 0 bridgehead atoms. The van der Waals surface area contributed by atoms with Crippen LogP contribution in [0.1, 0.15) is 16.1 Å². The quantitative estimate of drug-likeness (QED) is 0.666. The van der Waals surface area contributed by atoms with Crippen LogP contribution in [0.25, 0.3) is 0 Å². The molecule has 3 aromatic rings. The zero-order valence-corrected chi connectivity index (χ0v) is 15.6. The lowest BCUT2D eigenvalue weighted by atomic mass is 10.1. The Morgan fingerprint density at radius 1 is 1.15 bits per heavy atom. The number of halogens is 1. The molecule has 134 valence electrons. The molecule has 0 aliphatic rings. The number of methoxy groups -OCH3 is 1. The molecule has 0 spiro atoms. The monoisotopic (exact) mass is 388 g/mol. The number of hydrogen-bond donors (Lipinski definition) is 2. The fraction of sp³-hybridized carbons (Fsp3) is 0.167. The van der Waals surface area contributed by atoms with Crippen LogP contribution < -0.4 is 15.4 Å². The summed E-state index contributed by atoms with van der Waals surface area (Å²) in [6, 6.07) is 14.7. The van der Waals surface area contributed by atoms with Crippen molar-refractivity contribution in [1.29, 1.82) is 0 Å². The minimum absolute atomic E-state index is 0.330. The fourth-order valence-corrected chi connectivity index (χ4v) is 3.15. The minimum Gasteiger partial charge on any atom is -0.497 e. The van der Waals surface area contributed by atoms with Crippen molar-refractivity contribution in [1.82, 2.24) is 15.5 Å². The third-order valence-corrected chi connectivity index (χ3v) is 4.63. The van der Waals surface area contributed by atoms with Crippen molar-refractivity contribution in [3.8, 4) is 5.75 Å². The molecule has 3 rings (SSSR count). The Morgan fingerprint density at radius 2 is 1.96 bits per heavy atom. The number of nitrogens with one attached hydrogen (secondary N) is 2. The number of ether oxygens (including phenoxy) is 1. The van der Waals surface area contributed by atoms with Crippen molar-refractivity contribution < 1.29 is 9.53 Å². The standard InChI is InChI=1S/C18H17ClN4O2S/c1-25-15-4-2-3-13(9-15)10-16-22-23-18(26-16)21-17(24)20-11-12-5-7-14(19)8-6-12/h2-9H,10-11H2,1H3,(H2,20,21,23,24). The number of anilines is 1. The highest BCUT2D eigenvalue weighted by Crippen LogP contribution is 2.20. The Bertz CT molecular complexity index is 883. The maximum absolute atomic E-state index is 12.0. The van der Waals surface area contributed by atoms with Gasteiger partial charge in [-0.2, -0.15) is 0 Å². The average molecular weight is 389 g/mol. The number of urea groups is 1. The Kier molecular flexibility index (Phi) is 6.04. The van der Waals surface area contributed by atoms with Gasteiger partial charge in [-0.25, -0.2) is 4.79 Å². The van der Waals surface area contributed by atoms with Gasteiger partial charge in [0.2, 0.25) is 5.13 Å². The van der Waals surface area contributed by atoms with Crippen molar-refractivity contribution in [2.24, 2.45) is 0 Å². The smallest absolute Gasteiger partial charge is 0.321 e. The van der Waals surface area contributed by atoms with Gasteiger partial charge in [0.05, 0.1) is 7.11 Å². The van der Waals surface area contributed by atoms with Gasteiger partial charge in [-0.05, 0) is 35.4 Å². The summed E-state index contributed by atoms with van der Waals surface area (Å²) in [6.45, 7) is 0.401. The zero-order chi connectivity index (χ0) is 18.4. The molecule has 2 aromatic carbocycles. The highest BCUT2D eigenvalue weighted by atomic mass is 35.5. The van der Waals surface area contributed by atoms with Gasteiger partial charge in [0.1, 0.15) is 10.8 Å². The summed E-state index contributed by atoms with van der Waals surface area (Å²) in [5.74, 6) is 0.798. The Labute approximate surface area is 160 Å². The van der Waals surface area contributed by atoms with E-state index in [1.165, 1.54) is 11.3 Å². The molecule has 0 saturated heterocycles. The van der Waals surface area contributed by atoms with Gasteiger partial charge in [0, 0.05) is 18.0 Å². The van der Waals surface area contributed by atoms with Crippen LogP contribution in [0.2, 0.25) is 5.02 Å². The summed E-state index contributed by atoms with van der Waals surface area (Å²) in [6.07, 6.45) is 0.628. The van der Waals surface area contributed by atoms with Crippen molar-refractivity contribution >= 4 is 34.1 Å². The first kappa shape index (κ1) is 18.2. The number of nitrogens with zero attached hydrogens (tertiary/aromatic N) is 2. The normalized spacial score (nSPS) is 10.4. The van der Waals surface area contributed by atoms with Gasteiger partial charge in [0.15, 0.2) is 0 Å². The van der Waals surface area contributed by atoms with Crippen molar-refractivity contribution in [3.05, 3.63) is 69.7 Å². The van der Waals surface area contributed by atoms with Crippen molar-refractivity contribution in [2.45, 2.75) is 13.0 Å². The molecule has 0 aliphatic heterocycles. The van der Waals surface area contributed by atoms with Gasteiger partial charge in [0.25, 0.3) is 0 Å². The lowest BCUT2D eigenvalue weighted by molar-refractivity contribution is 0.251. The molecule has 0 unspecified atom stereocenters. The highest BCUT2D eigenvalue weighted by Gasteiger charge is 2.09. The first-order chi connectivity index (χ1) is 12.6. The van der Waals surface area contributed by atoms with Crippen LogP contribution in [0.3, 0.4) is 0 Å². The second kappa shape index (κ2) is 8.64. The Hall–Kier alpha value is -2.64. The second-order valence-electron chi connectivity index (χ2n) is 5.46. The summed E-state index contributed by atoms with van der Waals surface area (Å²) >= 11 is 7.18. The maximum atomic E-state index is 12.0. The number of aromatic nitrogens is 2.